The third kappa shape index (κ3) is 4.11. The summed E-state index contributed by atoms with van der Waals surface area (Å²) in [6.07, 6.45) is -0.334. The van der Waals surface area contributed by atoms with E-state index in [1.165, 1.54) is 4.90 Å². The minimum Gasteiger partial charge on any atom is -0.473 e. The van der Waals surface area contributed by atoms with E-state index in [0.717, 1.165) is 5.56 Å². The van der Waals surface area contributed by atoms with Gasteiger partial charge in [-0.3, -0.25) is 4.90 Å². The van der Waals surface area contributed by atoms with Crippen LogP contribution in [0.5, 0.6) is 5.75 Å². The summed E-state index contributed by atoms with van der Waals surface area (Å²) in [5, 5.41) is 0. The van der Waals surface area contributed by atoms with Gasteiger partial charge in [-0.05, 0) is 6.07 Å². The minimum atomic E-state index is -0.334. The summed E-state index contributed by atoms with van der Waals surface area (Å²) in [6, 6.07) is 7.60. The van der Waals surface area contributed by atoms with Gasteiger partial charge in [0.2, 0.25) is 0 Å². The van der Waals surface area contributed by atoms with Crippen LogP contribution in [0.2, 0.25) is 0 Å². The van der Waals surface area contributed by atoms with E-state index >= 15 is 0 Å². The van der Waals surface area contributed by atoms with Gasteiger partial charge in [0.05, 0.1) is 26.4 Å². The van der Waals surface area contributed by atoms with Gasteiger partial charge in [0.25, 0.3) is 0 Å². The highest BCUT2D eigenvalue weighted by molar-refractivity contribution is 5.69. The molecule has 0 aromatic heterocycles. The highest BCUT2D eigenvalue weighted by Gasteiger charge is 2.22. The number of hydrogen-bond donors (Lipinski definition) is 0. The Balaban J connectivity index is 1.85. The number of hydrogen-bond acceptors (Lipinski definition) is 5. The Kier molecular flexibility index (Phi) is 5.64. The van der Waals surface area contributed by atoms with Gasteiger partial charge in [0.15, 0.2) is 6.73 Å². The number of amides is 1. The van der Waals surface area contributed by atoms with Gasteiger partial charge in [0.1, 0.15) is 12.4 Å². The Labute approximate surface area is 118 Å². The van der Waals surface area contributed by atoms with Gasteiger partial charge in [0, 0.05) is 12.7 Å². The topological polar surface area (TPSA) is 57.2 Å². The van der Waals surface area contributed by atoms with E-state index in [9.17, 15) is 4.79 Å². The smallest absolute Gasteiger partial charge is 0.412 e. The number of carbonyl (C=O) groups is 1. The highest BCUT2D eigenvalue weighted by atomic mass is 16.6. The third-order valence-electron chi connectivity index (χ3n) is 2.88. The molecule has 0 unspecified atom stereocenters. The fourth-order valence-corrected chi connectivity index (χ4v) is 1.78. The zero-order valence-corrected chi connectivity index (χ0v) is 11.5. The summed E-state index contributed by atoms with van der Waals surface area (Å²) in [6.45, 7) is 2.71. The van der Waals surface area contributed by atoms with Crippen LogP contribution >= 0.6 is 0 Å². The van der Waals surface area contributed by atoms with Crippen molar-refractivity contribution in [3.63, 3.8) is 0 Å². The summed E-state index contributed by atoms with van der Waals surface area (Å²) in [5.74, 6) is 0.713. The van der Waals surface area contributed by atoms with Gasteiger partial charge in [-0.2, -0.15) is 0 Å². The first-order valence-corrected chi connectivity index (χ1v) is 6.50. The Morgan fingerprint density at radius 2 is 2.15 bits per heavy atom. The molecule has 6 nitrogen and oxygen atoms in total. The van der Waals surface area contributed by atoms with Crippen molar-refractivity contribution in [1.29, 1.82) is 0 Å². The first-order chi connectivity index (χ1) is 9.81. The lowest BCUT2D eigenvalue weighted by atomic mass is 10.2. The first kappa shape index (κ1) is 14.6. The molecule has 1 aliphatic heterocycles. The van der Waals surface area contributed by atoms with Crippen LogP contribution in [-0.2, 0) is 20.8 Å². The second-order valence-electron chi connectivity index (χ2n) is 4.30. The molecule has 0 aliphatic carbocycles. The lowest BCUT2D eigenvalue weighted by Crippen LogP contribution is -2.28. The van der Waals surface area contributed by atoms with Gasteiger partial charge >= 0.3 is 6.09 Å². The number of nitrogens with zero attached hydrogens (tertiary/aromatic N) is 1. The largest absolute Gasteiger partial charge is 0.473 e. The van der Waals surface area contributed by atoms with Crippen LogP contribution in [0.4, 0.5) is 4.79 Å². The number of ether oxygens (including phenoxy) is 4. The number of methoxy groups -OCH3 is 1. The molecule has 0 saturated carbocycles. The number of rotatable bonds is 8. The second kappa shape index (κ2) is 7.72. The average Bonchev–Trinajstić information content (AvgIpc) is 2.88. The van der Waals surface area contributed by atoms with Crippen molar-refractivity contribution in [2.75, 3.05) is 40.2 Å². The Bertz CT molecular complexity index is 437. The van der Waals surface area contributed by atoms with E-state index < -0.39 is 0 Å². The quantitative estimate of drug-likeness (QED) is 0.678. The van der Waals surface area contributed by atoms with E-state index in [2.05, 4.69) is 0 Å². The third-order valence-corrected chi connectivity index (χ3v) is 2.88. The van der Waals surface area contributed by atoms with Crippen LogP contribution in [0.25, 0.3) is 0 Å². The van der Waals surface area contributed by atoms with Crippen LogP contribution in [0, 0.1) is 0 Å². The summed E-state index contributed by atoms with van der Waals surface area (Å²) < 4.78 is 20.9. The van der Waals surface area contributed by atoms with Gasteiger partial charge < -0.3 is 18.9 Å². The van der Waals surface area contributed by atoms with Crippen molar-refractivity contribution in [2.24, 2.45) is 0 Å². The molecule has 1 fully saturated rings. The monoisotopic (exact) mass is 281 g/mol. The predicted molar refractivity (Wildman–Crippen MR) is 71.5 cm³/mol. The lowest BCUT2D eigenvalue weighted by Gasteiger charge is -2.16. The molecule has 0 bridgehead atoms. The fraction of sp³-hybridized carbons (Fsp3) is 0.500. The zero-order valence-electron chi connectivity index (χ0n) is 11.5. The van der Waals surface area contributed by atoms with Crippen LogP contribution < -0.4 is 4.74 Å². The van der Waals surface area contributed by atoms with Crippen molar-refractivity contribution in [3.05, 3.63) is 29.8 Å². The standard InChI is InChI=1S/C14H19NO5/c1-17-8-9-18-10-12-4-2-3-5-13(12)20-11-15-6-7-19-14(15)16/h2-5H,6-11H2,1H3. The van der Waals surface area contributed by atoms with E-state index in [4.69, 9.17) is 18.9 Å². The number of para-hydroxylation sites is 1. The molecule has 1 amide bonds. The SMILES string of the molecule is COCCOCc1ccccc1OCN1CCOC1=O. The van der Waals surface area contributed by atoms with Crippen molar-refractivity contribution in [3.8, 4) is 5.75 Å². The van der Waals surface area contributed by atoms with E-state index in [1.807, 2.05) is 24.3 Å². The minimum absolute atomic E-state index is 0.188. The average molecular weight is 281 g/mol. The molecule has 110 valence electrons. The molecule has 1 saturated heterocycles. The van der Waals surface area contributed by atoms with Crippen LogP contribution in [0.15, 0.2) is 24.3 Å². The molecular weight excluding hydrogens is 262 g/mol. The van der Waals surface area contributed by atoms with Gasteiger partial charge in [-0.1, -0.05) is 18.2 Å². The van der Waals surface area contributed by atoms with E-state index in [0.29, 0.717) is 38.7 Å². The number of benzene rings is 1. The molecule has 6 heteroatoms. The van der Waals surface area contributed by atoms with E-state index in [1.54, 1.807) is 7.11 Å². The van der Waals surface area contributed by atoms with Crippen LogP contribution in [0.3, 0.4) is 0 Å². The molecule has 2 rings (SSSR count). The Hall–Kier alpha value is -1.79. The summed E-state index contributed by atoms with van der Waals surface area (Å²) in [7, 11) is 1.63. The van der Waals surface area contributed by atoms with Crippen LogP contribution in [-0.4, -0.2) is 51.2 Å². The number of cyclic esters (lactones) is 1. The normalized spacial score (nSPS) is 14.4. The maximum Gasteiger partial charge on any atom is 0.412 e. The molecule has 0 radical (unpaired) electrons. The molecule has 1 heterocycles. The maximum atomic E-state index is 11.3. The maximum absolute atomic E-state index is 11.3. The molecule has 1 aliphatic rings. The Morgan fingerprint density at radius 3 is 2.90 bits per heavy atom. The molecular formula is C14H19NO5. The lowest BCUT2D eigenvalue weighted by molar-refractivity contribution is 0.0597. The van der Waals surface area contributed by atoms with E-state index in [-0.39, 0.29) is 12.8 Å². The van der Waals surface area contributed by atoms with Crippen molar-refractivity contribution < 1.29 is 23.7 Å². The molecule has 20 heavy (non-hydrogen) atoms. The zero-order chi connectivity index (χ0) is 14.2. The molecule has 0 atom stereocenters. The van der Waals surface area contributed by atoms with Crippen molar-refractivity contribution >= 4 is 6.09 Å². The molecule has 0 N–H and O–H groups in total. The fourth-order valence-electron chi connectivity index (χ4n) is 1.78. The Morgan fingerprint density at radius 1 is 1.30 bits per heavy atom. The second-order valence-corrected chi connectivity index (χ2v) is 4.30. The molecule has 0 spiro atoms. The molecule has 1 aromatic carbocycles. The highest BCUT2D eigenvalue weighted by Crippen LogP contribution is 2.19. The van der Waals surface area contributed by atoms with Crippen molar-refractivity contribution in [1.82, 2.24) is 4.90 Å². The first-order valence-electron chi connectivity index (χ1n) is 6.50. The summed E-state index contributed by atoms with van der Waals surface area (Å²) >= 11 is 0. The van der Waals surface area contributed by atoms with Crippen LogP contribution in [0.1, 0.15) is 5.56 Å². The predicted octanol–water partition coefficient (Wildman–Crippen LogP) is 1.64. The summed E-state index contributed by atoms with van der Waals surface area (Å²) in [4.78, 5) is 12.8. The summed E-state index contributed by atoms with van der Waals surface area (Å²) in [5.41, 5.74) is 0.941. The molecule has 1 aromatic rings. The van der Waals surface area contributed by atoms with Gasteiger partial charge in [-0.25, -0.2) is 4.79 Å². The number of carbonyl (C=O) groups excluding carboxylic acids is 1. The van der Waals surface area contributed by atoms with Gasteiger partial charge in [-0.15, -0.1) is 0 Å². The van der Waals surface area contributed by atoms with Crippen molar-refractivity contribution in [2.45, 2.75) is 6.61 Å².